The van der Waals surface area contributed by atoms with Crippen LogP contribution in [0.25, 0.3) is 0 Å². The second kappa shape index (κ2) is 6.70. The van der Waals surface area contributed by atoms with Crippen LogP contribution in [-0.2, 0) is 11.3 Å². The molecule has 0 bridgehead atoms. The van der Waals surface area contributed by atoms with Crippen LogP contribution < -0.4 is 11.1 Å². The van der Waals surface area contributed by atoms with Crippen molar-refractivity contribution < 1.29 is 9.59 Å². The molecule has 0 aliphatic rings. The normalized spacial score (nSPS) is 9.94. The highest BCUT2D eigenvalue weighted by molar-refractivity contribution is 5.94. The summed E-state index contributed by atoms with van der Waals surface area (Å²) in [6, 6.07) is 3.38. The van der Waals surface area contributed by atoms with Crippen molar-refractivity contribution in [1.29, 1.82) is 0 Å². The summed E-state index contributed by atoms with van der Waals surface area (Å²) in [6.45, 7) is 2.69. The quantitative estimate of drug-likeness (QED) is 0.754. The lowest BCUT2D eigenvalue weighted by Crippen LogP contribution is -2.39. The molecule has 0 aromatic carbocycles. The van der Waals surface area contributed by atoms with Crippen LogP contribution in [0.1, 0.15) is 23.0 Å². The molecule has 0 spiro atoms. The van der Waals surface area contributed by atoms with E-state index in [2.05, 4.69) is 10.3 Å². The predicted molar refractivity (Wildman–Crippen MR) is 67.8 cm³/mol. The number of amides is 2. The standard InChI is InChI=1S/C12H18N4O2/c1-3-16(8-11(17)14-2)12(18)10-5-4-9(6-13)7-15-10/h4-5,7H,3,6,8,13H2,1-2H3,(H,14,17). The van der Waals surface area contributed by atoms with E-state index in [0.717, 1.165) is 5.56 Å². The molecule has 0 saturated carbocycles. The van der Waals surface area contributed by atoms with Gasteiger partial charge >= 0.3 is 0 Å². The van der Waals surface area contributed by atoms with E-state index in [0.29, 0.717) is 18.8 Å². The number of hydrogen-bond acceptors (Lipinski definition) is 4. The van der Waals surface area contributed by atoms with Gasteiger partial charge in [-0.2, -0.15) is 0 Å². The molecule has 2 amide bonds. The van der Waals surface area contributed by atoms with E-state index in [4.69, 9.17) is 5.73 Å². The number of carbonyl (C=O) groups is 2. The van der Waals surface area contributed by atoms with E-state index in [9.17, 15) is 9.59 Å². The molecule has 0 fully saturated rings. The van der Waals surface area contributed by atoms with Crippen LogP contribution >= 0.6 is 0 Å². The molecule has 18 heavy (non-hydrogen) atoms. The first-order valence-corrected chi connectivity index (χ1v) is 5.77. The van der Waals surface area contributed by atoms with Crippen LogP contribution in [0.5, 0.6) is 0 Å². The average molecular weight is 250 g/mol. The number of aromatic nitrogens is 1. The minimum atomic E-state index is -0.260. The molecule has 1 aromatic rings. The highest BCUT2D eigenvalue weighted by atomic mass is 16.2. The largest absolute Gasteiger partial charge is 0.358 e. The third kappa shape index (κ3) is 3.53. The maximum absolute atomic E-state index is 12.1. The molecule has 0 unspecified atom stereocenters. The number of nitrogens with one attached hydrogen (secondary N) is 1. The molecule has 0 aliphatic carbocycles. The van der Waals surface area contributed by atoms with Gasteiger partial charge in [-0.25, -0.2) is 0 Å². The van der Waals surface area contributed by atoms with E-state index in [1.54, 1.807) is 18.3 Å². The van der Waals surface area contributed by atoms with Crippen LogP contribution in [-0.4, -0.2) is 41.8 Å². The summed E-state index contributed by atoms with van der Waals surface area (Å²) in [5.74, 6) is -0.464. The van der Waals surface area contributed by atoms with Gasteiger partial charge in [-0.1, -0.05) is 6.07 Å². The summed E-state index contributed by atoms with van der Waals surface area (Å²) in [4.78, 5) is 28.8. The number of nitrogens with two attached hydrogens (primary N) is 1. The Hall–Kier alpha value is -1.95. The summed E-state index contributed by atoms with van der Waals surface area (Å²) in [6.07, 6.45) is 1.57. The van der Waals surface area contributed by atoms with E-state index in [1.807, 2.05) is 6.92 Å². The molecule has 1 heterocycles. The predicted octanol–water partition coefficient (Wildman–Crippen LogP) is -0.252. The minimum absolute atomic E-state index is 0.0339. The fourth-order valence-electron chi connectivity index (χ4n) is 1.41. The molecule has 6 heteroatoms. The fourth-order valence-corrected chi connectivity index (χ4v) is 1.41. The van der Waals surface area contributed by atoms with E-state index >= 15 is 0 Å². The topological polar surface area (TPSA) is 88.3 Å². The van der Waals surface area contributed by atoms with Gasteiger partial charge in [0.15, 0.2) is 0 Å². The van der Waals surface area contributed by atoms with Gasteiger partial charge in [0.25, 0.3) is 5.91 Å². The Balaban J connectivity index is 2.79. The Morgan fingerprint density at radius 3 is 2.61 bits per heavy atom. The molecule has 1 rings (SSSR count). The maximum Gasteiger partial charge on any atom is 0.272 e. The lowest BCUT2D eigenvalue weighted by Gasteiger charge is -2.19. The van der Waals surface area contributed by atoms with Gasteiger partial charge in [0.1, 0.15) is 5.69 Å². The molecular formula is C12H18N4O2. The van der Waals surface area contributed by atoms with Crippen molar-refractivity contribution in [2.24, 2.45) is 5.73 Å². The number of nitrogens with zero attached hydrogens (tertiary/aromatic N) is 2. The Bertz CT molecular complexity index is 417. The first-order valence-electron chi connectivity index (χ1n) is 5.77. The first-order chi connectivity index (χ1) is 8.62. The van der Waals surface area contributed by atoms with Gasteiger partial charge in [-0.05, 0) is 18.6 Å². The Morgan fingerprint density at radius 2 is 2.17 bits per heavy atom. The number of hydrogen-bond donors (Lipinski definition) is 2. The Kier molecular flexibility index (Phi) is 5.26. The summed E-state index contributed by atoms with van der Waals surface area (Å²) >= 11 is 0. The van der Waals surface area contributed by atoms with Crippen LogP contribution in [0.3, 0.4) is 0 Å². The molecule has 0 radical (unpaired) electrons. The van der Waals surface area contributed by atoms with Gasteiger partial charge < -0.3 is 16.0 Å². The van der Waals surface area contributed by atoms with Crippen molar-refractivity contribution in [3.63, 3.8) is 0 Å². The fraction of sp³-hybridized carbons (Fsp3) is 0.417. The van der Waals surface area contributed by atoms with Gasteiger partial charge in [-0.3, -0.25) is 14.6 Å². The van der Waals surface area contributed by atoms with E-state index in [1.165, 1.54) is 11.9 Å². The highest BCUT2D eigenvalue weighted by Gasteiger charge is 2.17. The zero-order valence-corrected chi connectivity index (χ0v) is 10.6. The minimum Gasteiger partial charge on any atom is -0.358 e. The maximum atomic E-state index is 12.1. The first kappa shape index (κ1) is 14.1. The van der Waals surface area contributed by atoms with Crippen LogP contribution in [0.15, 0.2) is 18.3 Å². The monoisotopic (exact) mass is 250 g/mol. The molecule has 0 aliphatic heterocycles. The smallest absolute Gasteiger partial charge is 0.272 e. The van der Waals surface area contributed by atoms with Crippen molar-refractivity contribution >= 4 is 11.8 Å². The molecule has 98 valence electrons. The number of likely N-dealkylation sites (N-methyl/N-ethyl adjacent to an activating group) is 2. The van der Waals surface area contributed by atoms with E-state index < -0.39 is 0 Å². The van der Waals surface area contributed by atoms with Gasteiger partial charge in [-0.15, -0.1) is 0 Å². The summed E-state index contributed by atoms with van der Waals surface area (Å²) in [7, 11) is 1.54. The SMILES string of the molecule is CCN(CC(=O)NC)C(=O)c1ccc(CN)cn1. The highest BCUT2D eigenvalue weighted by Crippen LogP contribution is 2.04. The number of pyridine rings is 1. The second-order valence-corrected chi connectivity index (χ2v) is 3.75. The molecule has 6 nitrogen and oxygen atoms in total. The van der Waals surface area contributed by atoms with Gasteiger partial charge in [0.2, 0.25) is 5.91 Å². The van der Waals surface area contributed by atoms with E-state index in [-0.39, 0.29) is 18.4 Å². The summed E-state index contributed by atoms with van der Waals surface area (Å²) in [5.41, 5.74) is 6.64. The summed E-state index contributed by atoms with van der Waals surface area (Å²) in [5, 5.41) is 2.48. The van der Waals surface area contributed by atoms with Crippen LogP contribution in [0, 0.1) is 0 Å². The Morgan fingerprint density at radius 1 is 1.44 bits per heavy atom. The molecule has 0 atom stereocenters. The third-order valence-electron chi connectivity index (χ3n) is 2.56. The number of carbonyl (C=O) groups excluding carboxylic acids is 2. The zero-order valence-electron chi connectivity index (χ0n) is 10.6. The van der Waals surface area contributed by atoms with Gasteiger partial charge in [0, 0.05) is 26.3 Å². The van der Waals surface area contributed by atoms with Crippen molar-refractivity contribution in [3.05, 3.63) is 29.6 Å². The van der Waals surface area contributed by atoms with Crippen LogP contribution in [0.2, 0.25) is 0 Å². The van der Waals surface area contributed by atoms with Crippen molar-refractivity contribution in [2.75, 3.05) is 20.1 Å². The van der Waals surface area contributed by atoms with Crippen molar-refractivity contribution in [3.8, 4) is 0 Å². The number of rotatable bonds is 5. The molecular weight excluding hydrogens is 232 g/mol. The summed E-state index contributed by atoms with van der Waals surface area (Å²) < 4.78 is 0. The average Bonchev–Trinajstić information content (AvgIpc) is 2.43. The molecule has 1 aromatic heterocycles. The lowest BCUT2D eigenvalue weighted by atomic mass is 10.2. The zero-order chi connectivity index (χ0) is 13.5. The van der Waals surface area contributed by atoms with Gasteiger partial charge in [0.05, 0.1) is 6.54 Å². The lowest BCUT2D eigenvalue weighted by molar-refractivity contribution is -0.121. The Labute approximate surface area is 106 Å². The molecule has 0 saturated heterocycles. The third-order valence-corrected chi connectivity index (χ3v) is 2.56. The second-order valence-electron chi connectivity index (χ2n) is 3.75. The van der Waals surface area contributed by atoms with Crippen molar-refractivity contribution in [1.82, 2.24) is 15.2 Å². The van der Waals surface area contributed by atoms with Crippen molar-refractivity contribution in [2.45, 2.75) is 13.5 Å². The van der Waals surface area contributed by atoms with Crippen LogP contribution in [0.4, 0.5) is 0 Å². The molecule has 3 N–H and O–H groups in total.